The van der Waals surface area contributed by atoms with Gasteiger partial charge in [-0.1, -0.05) is 44.9 Å². The first-order valence-electron chi connectivity index (χ1n) is 12.1. The fraction of sp³-hybridized carbons (Fsp3) is 0.414. The molecule has 0 unspecified atom stereocenters. The minimum Gasteiger partial charge on any atom is -0.454 e. The highest BCUT2D eigenvalue weighted by molar-refractivity contribution is 7.19. The van der Waals surface area contributed by atoms with Crippen LogP contribution in [0.15, 0.2) is 30.5 Å². The summed E-state index contributed by atoms with van der Waals surface area (Å²) in [4.78, 5) is 1.47. The summed E-state index contributed by atoms with van der Waals surface area (Å²) in [6, 6.07) is 9.34. The Hall–Kier alpha value is -2.39. The van der Waals surface area contributed by atoms with E-state index in [1.54, 1.807) is 0 Å². The van der Waals surface area contributed by atoms with Crippen LogP contribution in [0.3, 0.4) is 0 Å². The lowest BCUT2D eigenvalue weighted by molar-refractivity contribution is -0.659. The summed E-state index contributed by atoms with van der Waals surface area (Å²) >= 11 is 1.97. The standard InChI is InChI=1S/C29H32NOS/c1-16(2)14-19-10-11-21-17(3)24-26-25-23(12-13-30(26)5)32-29(20-8-6-7-9-20)28(25)31-27(24)18(4)22(21)15-19/h10-13,15-16,20H,6-9,14H2,1-5H3/q+1. The molecule has 1 aliphatic heterocycles. The highest BCUT2D eigenvalue weighted by Crippen LogP contribution is 2.56. The minimum atomic E-state index is 0.654. The Bertz CT molecular complexity index is 1390. The minimum absolute atomic E-state index is 0.654. The molecule has 2 aliphatic rings. The topological polar surface area (TPSA) is 13.1 Å². The molecule has 1 saturated carbocycles. The van der Waals surface area contributed by atoms with Crippen molar-refractivity contribution in [3.63, 3.8) is 0 Å². The lowest BCUT2D eigenvalue weighted by Gasteiger charge is -2.24. The van der Waals surface area contributed by atoms with Gasteiger partial charge in [0.25, 0.3) is 0 Å². The van der Waals surface area contributed by atoms with Gasteiger partial charge in [-0.15, -0.1) is 11.3 Å². The summed E-state index contributed by atoms with van der Waals surface area (Å²) in [5.41, 5.74) is 6.63. The third-order valence-electron chi connectivity index (χ3n) is 7.60. The highest BCUT2D eigenvalue weighted by atomic mass is 32.1. The molecule has 1 aliphatic carbocycles. The molecule has 0 amide bonds. The molecule has 0 N–H and O–H groups in total. The molecule has 0 spiro atoms. The molecular formula is C29H32NOS+. The van der Waals surface area contributed by atoms with Gasteiger partial charge in [0.2, 0.25) is 5.69 Å². The Morgan fingerprint density at radius 1 is 1.03 bits per heavy atom. The van der Waals surface area contributed by atoms with Crippen LogP contribution in [-0.4, -0.2) is 0 Å². The van der Waals surface area contributed by atoms with Crippen LogP contribution in [-0.2, 0) is 13.5 Å². The Kier molecular flexibility index (Phi) is 4.62. The largest absolute Gasteiger partial charge is 0.454 e. The average Bonchev–Trinajstić information content (AvgIpc) is 3.42. The molecule has 0 bridgehead atoms. The molecule has 3 heteroatoms. The number of aromatic nitrogens is 1. The van der Waals surface area contributed by atoms with Gasteiger partial charge in [-0.05, 0) is 66.8 Å². The molecule has 3 heterocycles. The zero-order chi connectivity index (χ0) is 22.1. The lowest BCUT2D eigenvalue weighted by Crippen LogP contribution is -2.31. The number of rotatable bonds is 3. The quantitative estimate of drug-likeness (QED) is 0.257. The van der Waals surface area contributed by atoms with Crippen LogP contribution in [0.2, 0.25) is 0 Å². The fourth-order valence-electron chi connectivity index (χ4n) is 6.04. The summed E-state index contributed by atoms with van der Waals surface area (Å²) < 4.78 is 10.6. The molecule has 164 valence electrons. The van der Waals surface area contributed by atoms with Gasteiger partial charge in [0.05, 0.1) is 15.1 Å². The monoisotopic (exact) mass is 442 g/mol. The highest BCUT2D eigenvalue weighted by Gasteiger charge is 2.36. The molecule has 32 heavy (non-hydrogen) atoms. The van der Waals surface area contributed by atoms with E-state index in [0.29, 0.717) is 11.8 Å². The van der Waals surface area contributed by atoms with Gasteiger partial charge in [0.15, 0.2) is 11.9 Å². The SMILES string of the molecule is Cc1c2c(c(C)c3ccc(CC(C)C)cc13)-c1c3c(c(C4CCCC4)sc3cc[n+]1C)O2. The van der Waals surface area contributed by atoms with Crippen LogP contribution in [0, 0.1) is 19.8 Å². The maximum Gasteiger partial charge on any atom is 0.228 e. The van der Waals surface area contributed by atoms with Gasteiger partial charge in [0, 0.05) is 11.6 Å². The van der Waals surface area contributed by atoms with E-state index >= 15 is 0 Å². The van der Waals surface area contributed by atoms with E-state index in [2.05, 4.69) is 69.8 Å². The second-order valence-electron chi connectivity index (χ2n) is 10.3. The van der Waals surface area contributed by atoms with Crippen LogP contribution in [0.25, 0.3) is 32.1 Å². The number of nitrogens with zero attached hydrogens (tertiary/aromatic N) is 1. The Balaban J connectivity index is 1.66. The third-order valence-corrected chi connectivity index (χ3v) is 8.90. The van der Waals surface area contributed by atoms with Crippen LogP contribution in [0.1, 0.15) is 67.0 Å². The first-order valence-corrected chi connectivity index (χ1v) is 12.9. The maximum absolute atomic E-state index is 6.93. The van der Waals surface area contributed by atoms with Crippen molar-refractivity contribution in [2.75, 3.05) is 0 Å². The van der Waals surface area contributed by atoms with Crippen molar-refractivity contribution in [1.29, 1.82) is 0 Å². The van der Waals surface area contributed by atoms with Crippen molar-refractivity contribution in [1.82, 2.24) is 0 Å². The molecule has 6 rings (SSSR count). The van der Waals surface area contributed by atoms with E-state index in [0.717, 1.165) is 17.9 Å². The van der Waals surface area contributed by atoms with Crippen molar-refractivity contribution >= 4 is 32.2 Å². The van der Waals surface area contributed by atoms with Crippen molar-refractivity contribution in [3.05, 3.63) is 52.0 Å². The fourth-order valence-corrected chi connectivity index (χ4v) is 7.33. The number of ether oxygens (including phenoxy) is 1. The predicted molar refractivity (Wildman–Crippen MR) is 135 cm³/mol. The van der Waals surface area contributed by atoms with E-state index in [-0.39, 0.29) is 0 Å². The number of hydrogen-bond donors (Lipinski definition) is 0. The third kappa shape index (κ3) is 2.86. The van der Waals surface area contributed by atoms with Gasteiger partial charge < -0.3 is 4.74 Å². The number of pyridine rings is 1. The smallest absolute Gasteiger partial charge is 0.228 e. The van der Waals surface area contributed by atoms with E-state index in [1.165, 1.54) is 79.4 Å². The first kappa shape index (κ1) is 20.2. The summed E-state index contributed by atoms with van der Waals surface area (Å²) in [6.07, 6.45) is 8.63. The first-order chi connectivity index (χ1) is 15.4. The van der Waals surface area contributed by atoms with Crippen LogP contribution >= 0.6 is 11.3 Å². The van der Waals surface area contributed by atoms with Crippen LogP contribution < -0.4 is 9.30 Å². The Labute approximate surface area is 194 Å². The number of hydrogen-bond acceptors (Lipinski definition) is 2. The number of aryl methyl sites for hydroxylation is 3. The van der Waals surface area contributed by atoms with E-state index < -0.39 is 0 Å². The van der Waals surface area contributed by atoms with Crippen molar-refractivity contribution < 1.29 is 9.30 Å². The van der Waals surface area contributed by atoms with Crippen molar-refractivity contribution in [3.8, 4) is 22.8 Å². The lowest BCUT2D eigenvalue weighted by atomic mass is 9.88. The normalized spacial score (nSPS) is 15.7. The Morgan fingerprint density at radius 2 is 1.81 bits per heavy atom. The molecule has 0 atom stereocenters. The summed E-state index contributed by atoms with van der Waals surface area (Å²) in [5, 5.41) is 4.02. The second kappa shape index (κ2) is 7.31. The molecule has 0 radical (unpaired) electrons. The van der Waals surface area contributed by atoms with Gasteiger partial charge in [0.1, 0.15) is 18.2 Å². The number of thiophene rings is 1. The average molecular weight is 443 g/mol. The zero-order valence-electron chi connectivity index (χ0n) is 19.8. The van der Waals surface area contributed by atoms with Gasteiger partial charge in [-0.25, -0.2) is 4.57 Å². The van der Waals surface area contributed by atoms with Crippen LogP contribution in [0.4, 0.5) is 0 Å². The van der Waals surface area contributed by atoms with E-state index in [1.807, 2.05) is 11.3 Å². The number of fused-ring (bicyclic) bond motifs is 3. The molecule has 2 aromatic carbocycles. The van der Waals surface area contributed by atoms with Gasteiger partial charge in [-0.3, -0.25) is 0 Å². The predicted octanol–water partition coefficient (Wildman–Crippen LogP) is 8.12. The summed E-state index contributed by atoms with van der Waals surface area (Å²) in [7, 11) is 2.19. The van der Waals surface area contributed by atoms with Crippen molar-refractivity contribution in [2.24, 2.45) is 13.0 Å². The molecular weight excluding hydrogens is 410 g/mol. The molecule has 2 nitrogen and oxygen atoms in total. The van der Waals surface area contributed by atoms with Crippen LogP contribution in [0.5, 0.6) is 11.5 Å². The maximum atomic E-state index is 6.93. The van der Waals surface area contributed by atoms with Gasteiger partial charge in [-0.2, -0.15) is 0 Å². The molecule has 0 saturated heterocycles. The number of benzene rings is 2. The van der Waals surface area contributed by atoms with E-state index in [9.17, 15) is 0 Å². The van der Waals surface area contributed by atoms with Gasteiger partial charge >= 0.3 is 0 Å². The van der Waals surface area contributed by atoms with Crippen molar-refractivity contribution in [2.45, 2.75) is 65.7 Å². The zero-order valence-corrected chi connectivity index (χ0v) is 20.7. The molecule has 4 aromatic rings. The molecule has 2 aromatic heterocycles. The summed E-state index contributed by atoms with van der Waals surface area (Å²) in [6.45, 7) is 9.12. The summed E-state index contributed by atoms with van der Waals surface area (Å²) in [5.74, 6) is 3.53. The van der Waals surface area contributed by atoms with E-state index in [4.69, 9.17) is 4.74 Å². The second-order valence-corrected chi connectivity index (χ2v) is 11.4. The Morgan fingerprint density at radius 3 is 2.56 bits per heavy atom. The molecule has 1 fully saturated rings.